The fourth-order valence-electron chi connectivity index (χ4n) is 5.74. The Bertz CT molecular complexity index is 1480. The molecule has 5 aromatic rings. The fourth-order valence-corrected chi connectivity index (χ4v) is 9.63. The van der Waals surface area contributed by atoms with E-state index >= 15 is 0 Å². The molecule has 1 fully saturated rings. The third kappa shape index (κ3) is 3.09. The summed E-state index contributed by atoms with van der Waals surface area (Å²) in [5.41, 5.74) is -0.0240. The van der Waals surface area contributed by atoms with Crippen molar-refractivity contribution in [1.82, 2.24) is 0 Å². The van der Waals surface area contributed by atoms with Gasteiger partial charge in [-0.15, -0.1) is 0 Å². The summed E-state index contributed by atoms with van der Waals surface area (Å²) in [6.07, 6.45) is 2.41. The van der Waals surface area contributed by atoms with Gasteiger partial charge >= 0.3 is 0 Å². The summed E-state index contributed by atoms with van der Waals surface area (Å²) in [6.45, 7) is 6.94. The third-order valence-corrected chi connectivity index (χ3v) is 11.1. The van der Waals surface area contributed by atoms with Crippen LogP contribution in [0.25, 0.3) is 43.1 Å². The van der Waals surface area contributed by atoms with E-state index in [0.717, 1.165) is 6.42 Å². The second-order valence-corrected chi connectivity index (χ2v) is 13.7. The largest absolute Gasteiger partial charge is 0.408 e. The van der Waals surface area contributed by atoms with Crippen molar-refractivity contribution in [1.29, 1.82) is 0 Å². The van der Waals surface area contributed by atoms with Crippen molar-refractivity contribution in [2.45, 2.75) is 44.9 Å². The highest BCUT2D eigenvalue weighted by Gasteiger charge is 2.41. The van der Waals surface area contributed by atoms with Crippen molar-refractivity contribution in [3.05, 3.63) is 78.9 Å². The second kappa shape index (κ2) is 6.66. The van der Waals surface area contributed by atoms with Gasteiger partial charge in [0.15, 0.2) is 0 Å². The molecule has 1 saturated heterocycles. The summed E-state index contributed by atoms with van der Waals surface area (Å²) >= 11 is 0. The van der Waals surface area contributed by atoms with Crippen molar-refractivity contribution in [3.8, 4) is 0 Å². The van der Waals surface area contributed by atoms with Crippen LogP contribution in [0.2, 0.25) is 12.6 Å². The summed E-state index contributed by atoms with van der Waals surface area (Å²) in [6, 6.07) is 30.7. The van der Waals surface area contributed by atoms with Gasteiger partial charge < -0.3 is 4.43 Å². The summed E-state index contributed by atoms with van der Waals surface area (Å²) in [4.78, 5) is 0. The highest BCUT2D eigenvalue weighted by atomic mass is 28.4. The van der Waals surface area contributed by atoms with E-state index in [1.54, 1.807) is 0 Å². The molecule has 154 valence electrons. The Balaban J connectivity index is 1.65. The number of rotatable bonds is 1. The van der Waals surface area contributed by atoms with Crippen LogP contribution in [0, 0.1) is 0 Å². The van der Waals surface area contributed by atoms with Gasteiger partial charge in [0.2, 0.25) is 8.32 Å². The molecule has 1 aliphatic heterocycles. The lowest BCUT2D eigenvalue weighted by Crippen LogP contribution is -2.55. The Morgan fingerprint density at radius 1 is 0.677 bits per heavy atom. The van der Waals surface area contributed by atoms with Gasteiger partial charge in [-0.25, -0.2) is 0 Å². The quantitative estimate of drug-likeness (QED) is 0.154. The molecule has 2 heteroatoms. The molecule has 0 spiro atoms. The lowest BCUT2D eigenvalue weighted by Gasteiger charge is -2.43. The average molecular weight is 421 g/mol. The van der Waals surface area contributed by atoms with Crippen LogP contribution in [-0.2, 0) is 4.43 Å². The minimum Gasteiger partial charge on any atom is -0.408 e. The SMILES string of the molecule is CC1(C)CCC[Si](C)(c2cccc3cc4ccc5cc6ccccc6cc5c4cc23)O1. The molecule has 6 rings (SSSR count). The van der Waals surface area contributed by atoms with Gasteiger partial charge in [0.25, 0.3) is 0 Å². The zero-order valence-corrected chi connectivity index (χ0v) is 19.5. The average Bonchev–Trinajstić information content (AvgIpc) is 2.75. The Kier molecular flexibility index (Phi) is 4.09. The molecule has 0 aromatic heterocycles. The number of hydrogen-bond donors (Lipinski definition) is 0. The minimum atomic E-state index is -2.01. The summed E-state index contributed by atoms with van der Waals surface area (Å²) < 4.78 is 6.85. The van der Waals surface area contributed by atoms with E-state index < -0.39 is 8.32 Å². The predicted octanol–water partition coefficient (Wildman–Crippen LogP) is 7.67. The van der Waals surface area contributed by atoms with Crippen LogP contribution in [0.4, 0.5) is 0 Å². The molecule has 0 amide bonds. The molecule has 1 aliphatic rings. The number of benzene rings is 5. The van der Waals surface area contributed by atoms with E-state index in [9.17, 15) is 0 Å². The Labute approximate surface area is 184 Å². The Hall–Kier alpha value is -2.68. The van der Waals surface area contributed by atoms with E-state index in [2.05, 4.69) is 99.3 Å². The predicted molar refractivity (Wildman–Crippen MR) is 137 cm³/mol. The van der Waals surface area contributed by atoms with Gasteiger partial charge in [0.05, 0.1) is 5.60 Å². The molecular formula is C29H28OSi. The topological polar surface area (TPSA) is 9.23 Å². The standard InChI is InChI=1S/C29H28OSi/c1-29(2)14-7-15-31(3,30-29)28-11-6-10-22-17-24-13-12-23-16-20-8-4-5-9-21(20)18-25(23)26(24)19-27(22)28/h4-6,8-13,16-19H,7,14-15H2,1-3H3. The lowest BCUT2D eigenvalue weighted by molar-refractivity contribution is 0.0750. The molecule has 1 unspecified atom stereocenters. The first-order valence-corrected chi connectivity index (χ1v) is 14.0. The normalized spacial score (nSPS) is 21.3. The van der Waals surface area contributed by atoms with Gasteiger partial charge in [-0.2, -0.15) is 0 Å². The molecule has 0 saturated carbocycles. The van der Waals surface area contributed by atoms with Gasteiger partial charge in [0.1, 0.15) is 0 Å². The van der Waals surface area contributed by atoms with Crippen LogP contribution in [0.1, 0.15) is 26.7 Å². The van der Waals surface area contributed by atoms with Gasteiger partial charge in [0, 0.05) is 0 Å². The van der Waals surface area contributed by atoms with Crippen molar-refractivity contribution < 1.29 is 4.43 Å². The molecule has 0 N–H and O–H groups in total. The van der Waals surface area contributed by atoms with Crippen LogP contribution in [0.3, 0.4) is 0 Å². The molecule has 1 heterocycles. The second-order valence-electron chi connectivity index (χ2n) is 10.0. The minimum absolute atomic E-state index is 0.0240. The van der Waals surface area contributed by atoms with Crippen molar-refractivity contribution in [2.24, 2.45) is 0 Å². The maximum atomic E-state index is 6.85. The maximum Gasteiger partial charge on any atom is 0.222 e. The zero-order chi connectivity index (χ0) is 21.2. The molecule has 1 nitrogen and oxygen atoms in total. The molecule has 31 heavy (non-hydrogen) atoms. The smallest absolute Gasteiger partial charge is 0.222 e. The van der Waals surface area contributed by atoms with Crippen LogP contribution in [-0.4, -0.2) is 13.9 Å². The Morgan fingerprint density at radius 2 is 1.29 bits per heavy atom. The van der Waals surface area contributed by atoms with E-state index in [1.807, 2.05) is 0 Å². The van der Waals surface area contributed by atoms with Crippen molar-refractivity contribution in [2.75, 3.05) is 0 Å². The number of fused-ring (bicyclic) bond motifs is 5. The Morgan fingerprint density at radius 3 is 2.03 bits per heavy atom. The lowest BCUT2D eigenvalue weighted by atomic mass is 9.96. The van der Waals surface area contributed by atoms with Crippen LogP contribution in [0.5, 0.6) is 0 Å². The molecular weight excluding hydrogens is 392 g/mol. The van der Waals surface area contributed by atoms with E-state index in [0.29, 0.717) is 0 Å². The fraction of sp³-hybridized carbons (Fsp3) is 0.241. The molecule has 5 aromatic carbocycles. The number of hydrogen-bond acceptors (Lipinski definition) is 1. The van der Waals surface area contributed by atoms with Gasteiger partial charge in [-0.3, -0.25) is 0 Å². The zero-order valence-electron chi connectivity index (χ0n) is 18.5. The highest BCUT2D eigenvalue weighted by Crippen LogP contribution is 2.36. The monoisotopic (exact) mass is 420 g/mol. The summed E-state index contributed by atoms with van der Waals surface area (Å²) in [7, 11) is -2.01. The molecule has 0 aliphatic carbocycles. The highest BCUT2D eigenvalue weighted by molar-refractivity contribution is 6.87. The van der Waals surface area contributed by atoms with Crippen LogP contribution < -0.4 is 5.19 Å². The molecule has 1 atom stereocenters. The van der Waals surface area contributed by atoms with E-state index in [-0.39, 0.29) is 5.60 Å². The van der Waals surface area contributed by atoms with Gasteiger partial charge in [-0.1, -0.05) is 61.0 Å². The van der Waals surface area contributed by atoms with Crippen LogP contribution in [0.15, 0.2) is 78.9 Å². The summed E-state index contributed by atoms with van der Waals surface area (Å²) in [5, 5.41) is 12.1. The van der Waals surface area contributed by atoms with Crippen molar-refractivity contribution >= 4 is 56.6 Å². The van der Waals surface area contributed by atoms with E-state index in [4.69, 9.17) is 4.43 Å². The first kappa shape index (κ1) is 19.0. The van der Waals surface area contributed by atoms with Gasteiger partial charge in [-0.05, 0) is 105 Å². The van der Waals surface area contributed by atoms with Crippen LogP contribution >= 0.6 is 0 Å². The van der Waals surface area contributed by atoms with Crippen molar-refractivity contribution in [3.63, 3.8) is 0 Å². The molecule has 0 radical (unpaired) electrons. The summed E-state index contributed by atoms with van der Waals surface area (Å²) in [5.74, 6) is 0. The first-order valence-electron chi connectivity index (χ1n) is 11.4. The molecule has 0 bridgehead atoms. The first-order chi connectivity index (χ1) is 14.9. The third-order valence-electron chi connectivity index (χ3n) is 7.20. The maximum absolute atomic E-state index is 6.85. The van der Waals surface area contributed by atoms with E-state index in [1.165, 1.54) is 60.7 Å².